The molecule has 0 bridgehead atoms. The molecule has 0 spiro atoms. The number of nitriles is 1. The van der Waals surface area contributed by atoms with Gasteiger partial charge in [0.05, 0.1) is 18.2 Å². The SMILES string of the molecule is CN(CC1(CO)CCOCC1)C(=O)c1ccc(-c2ccccc2C#N)cc1. The van der Waals surface area contributed by atoms with Crippen LogP contribution in [0.15, 0.2) is 48.5 Å². The fourth-order valence-corrected chi connectivity index (χ4v) is 3.59. The van der Waals surface area contributed by atoms with Gasteiger partial charge in [-0.15, -0.1) is 0 Å². The van der Waals surface area contributed by atoms with E-state index in [1.165, 1.54) is 0 Å². The van der Waals surface area contributed by atoms with Crippen molar-refractivity contribution in [3.63, 3.8) is 0 Å². The van der Waals surface area contributed by atoms with Crippen LogP contribution in [0, 0.1) is 16.7 Å². The summed E-state index contributed by atoms with van der Waals surface area (Å²) in [6.07, 6.45) is 1.51. The van der Waals surface area contributed by atoms with E-state index in [0.29, 0.717) is 30.9 Å². The summed E-state index contributed by atoms with van der Waals surface area (Å²) in [6, 6.07) is 16.9. The number of carbonyl (C=O) groups is 1. The van der Waals surface area contributed by atoms with Gasteiger partial charge in [-0.05, 0) is 42.2 Å². The van der Waals surface area contributed by atoms with Gasteiger partial charge in [0.1, 0.15) is 0 Å². The van der Waals surface area contributed by atoms with E-state index in [4.69, 9.17) is 4.74 Å². The lowest BCUT2D eigenvalue weighted by Crippen LogP contribution is -2.44. The largest absolute Gasteiger partial charge is 0.396 e. The molecule has 1 heterocycles. The zero-order chi connectivity index (χ0) is 19.3. The molecule has 0 radical (unpaired) electrons. The third-order valence-electron chi connectivity index (χ3n) is 5.30. The Morgan fingerprint density at radius 1 is 1.19 bits per heavy atom. The zero-order valence-electron chi connectivity index (χ0n) is 15.5. The summed E-state index contributed by atoms with van der Waals surface area (Å²) in [6.45, 7) is 1.80. The number of ether oxygens (including phenoxy) is 1. The maximum atomic E-state index is 12.8. The topological polar surface area (TPSA) is 73.6 Å². The molecule has 1 fully saturated rings. The van der Waals surface area contributed by atoms with Crippen LogP contribution in [0.4, 0.5) is 0 Å². The van der Waals surface area contributed by atoms with Gasteiger partial charge in [0.2, 0.25) is 0 Å². The first kappa shape index (κ1) is 19.1. The molecule has 0 aliphatic carbocycles. The minimum absolute atomic E-state index is 0.0534. The van der Waals surface area contributed by atoms with Gasteiger partial charge in [-0.1, -0.05) is 30.3 Å². The molecule has 1 saturated heterocycles. The highest BCUT2D eigenvalue weighted by Crippen LogP contribution is 2.31. The van der Waals surface area contributed by atoms with Crippen LogP contribution in [0.5, 0.6) is 0 Å². The molecule has 0 unspecified atom stereocenters. The molecule has 5 heteroatoms. The van der Waals surface area contributed by atoms with E-state index in [1.807, 2.05) is 30.3 Å². The summed E-state index contributed by atoms with van der Waals surface area (Å²) in [5.74, 6) is -0.0746. The van der Waals surface area contributed by atoms with Gasteiger partial charge in [-0.3, -0.25) is 4.79 Å². The Bertz CT molecular complexity index is 833. The van der Waals surface area contributed by atoms with Crippen molar-refractivity contribution in [2.24, 2.45) is 5.41 Å². The van der Waals surface area contributed by atoms with E-state index in [9.17, 15) is 15.2 Å². The highest BCUT2D eigenvalue weighted by atomic mass is 16.5. The Labute approximate surface area is 159 Å². The lowest BCUT2D eigenvalue weighted by molar-refractivity contribution is -0.0282. The van der Waals surface area contributed by atoms with Crippen molar-refractivity contribution in [2.75, 3.05) is 33.4 Å². The first-order valence-electron chi connectivity index (χ1n) is 9.12. The Balaban J connectivity index is 1.74. The zero-order valence-corrected chi connectivity index (χ0v) is 15.5. The first-order chi connectivity index (χ1) is 13.1. The molecule has 1 aliphatic rings. The van der Waals surface area contributed by atoms with E-state index in [0.717, 1.165) is 24.0 Å². The molecule has 3 rings (SSSR count). The third-order valence-corrected chi connectivity index (χ3v) is 5.30. The molecule has 2 aromatic rings. The number of benzene rings is 2. The summed E-state index contributed by atoms with van der Waals surface area (Å²) < 4.78 is 5.39. The second-order valence-corrected chi connectivity index (χ2v) is 7.17. The predicted octanol–water partition coefficient (Wildman–Crippen LogP) is 3.09. The van der Waals surface area contributed by atoms with Gasteiger partial charge in [-0.2, -0.15) is 5.26 Å². The summed E-state index contributed by atoms with van der Waals surface area (Å²) in [7, 11) is 1.77. The number of nitrogens with zero attached hydrogens (tertiary/aromatic N) is 2. The molecule has 27 heavy (non-hydrogen) atoms. The maximum absolute atomic E-state index is 12.8. The number of hydrogen-bond donors (Lipinski definition) is 1. The Hall–Kier alpha value is -2.68. The first-order valence-corrected chi connectivity index (χ1v) is 9.12. The van der Waals surface area contributed by atoms with Crippen LogP contribution in [0.1, 0.15) is 28.8 Å². The molecular formula is C22H24N2O3. The van der Waals surface area contributed by atoms with Crippen molar-refractivity contribution in [3.05, 3.63) is 59.7 Å². The molecule has 1 amide bonds. The van der Waals surface area contributed by atoms with Crippen LogP contribution in [-0.4, -0.2) is 49.3 Å². The minimum atomic E-state index is -0.283. The molecular weight excluding hydrogens is 340 g/mol. The van der Waals surface area contributed by atoms with Gasteiger partial charge in [0, 0.05) is 37.8 Å². The number of hydrogen-bond acceptors (Lipinski definition) is 4. The molecule has 5 nitrogen and oxygen atoms in total. The standard InChI is InChI=1S/C22H24N2O3/c1-24(15-22(16-25)10-12-27-13-11-22)21(26)18-8-6-17(7-9-18)20-5-3-2-4-19(20)14-23/h2-9,25H,10-13,15-16H2,1H3. The Morgan fingerprint density at radius 3 is 2.48 bits per heavy atom. The number of carbonyl (C=O) groups excluding carboxylic acids is 1. The summed E-state index contributed by atoms with van der Waals surface area (Å²) in [5.41, 5.74) is 2.68. The molecule has 1 N–H and O–H groups in total. The van der Waals surface area contributed by atoms with Crippen molar-refractivity contribution < 1.29 is 14.6 Å². The average Bonchev–Trinajstić information content (AvgIpc) is 2.74. The number of aliphatic hydroxyl groups is 1. The normalized spacial score (nSPS) is 15.7. The average molecular weight is 364 g/mol. The van der Waals surface area contributed by atoms with Crippen molar-refractivity contribution in [1.82, 2.24) is 4.90 Å². The summed E-state index contributed by atoms with van der Waals surface area (Å²) in [5, 5.41) is 19.1. The maximum Gasteiger partial charge on any atom is 0.253 e. The van der Waals surface area contributed by atoms with Gasteiger partial charge < -0.3 is 14.7 Å². The van der Waals surface area contributed by atoms with Crippen LogP contribution in [0.2, 0.25) is 0 Å². The minimum Gasteiger partial charge on any atom is -0.396 e. The predicted molar refractivity (Wildman–Crippen MR) is 103 cm³/mol. The lowest BCUT2D eigenvalue weighted by Gasteiger charge is -2.38. The van der Waals surface area contributed by atoms with Crippen molar-refractivity contribution in [2.45, 2.75) is 12.8 Å². The highest BCUT2D eigenvalue weighted by molar-refractivity contribution is 5.94. The Kier molecular flexibility index (Phi) is 5.90. The fraction of sp³-hybridized carbons (Fsp3) is 0.364. The Morgan fingerprint density at radius 2 is 1.85 bits per heavy atom. The highest BCUT2D eigenvalue weighted by Gasteiger charge is 2.34. The van der Waals surface area contributed by atoms with Crippen LogP contribution in [0.25, 0.3) is 11.1 Å². The number of aliphatic hydroxyl groups excluding tert-OH is 1. The monoisotopic (exact) mass is 364 g/mol. The van der Waals surface area contributed by atoms with Gasteiger partial charge in [0.15, 0.2) is 0 Å². The van der Waals surface area contributed by atoms with Gasteiger partial charge in [0.25, 0.3) is 5.91 Å². The molecule has 0 aromatic heterocycles. The van der Waals surface area contributed by atoms with Crippen LogP contribution in [-0.2, 0) is 4.74 Å². The molecule has 1 aliphatic heterocycles. The molecule has 140 valence electrons. The second kappa shape index (κ2) is 8.34. The smallest absolute Gasteiger partial charge is 0.253 e. The van der Waals surface area contributed by atoms with E-state index in [-0.39, 0.29) is 17.9 Å². The van der Waals surface area contributed by atoms with Crippen LogP contribution < -0.4 is 0 Å². The summed E-state index contributed by atoms with van der Waals surface area (Å²) in [4.78, 5) is 14.5. The van der Waals surface area contributed by atoms with Gasteiger partial charge >= 0.3 is 0 Å². The quantitative estimate of drug-likeness (QED) is 0.885. The van der Waals surface area contributed by atoms with E-state index < -0.39 is 0 Å². The van der Waals surface area contributed by atoms with E-state index in [2.05, 4.69) is 6.07 Å². The van der Waals surface area contributed by atoms with E-state index >= 15 is 0 Å². The number of amides is 1. The van der Waals surface area contributed by atoms with Crippen LogP contribution in [0.3, 0.4) is 0 Å². The molecule has 0 saturated carbocycles. The second-order valence-electron chi connectivity index (χ2n) is 7.17. The van der Waals surface area contributed by atoms with Crippen molar-refractivity contribution in [3.8, 4) is 17.2 Å². The molecule has 2 aromatic carbocycles. The lowest BCUT2D eigenvalue weighted by atomic mass is 9.80. The van der Waals surface area contributed by atoms with Crippen molar-refractivity contribution in [1.29, 1.82) is 5.26 Å². The van der Waals surface area contributed by atoms with Gasteiger partial charge in [-0.25, -0.2) is 0 Å². The summed E-state index contributed by atoms with van der Waals surface area (Å²) >= 11 is 0. The fourth-order valence-electron chi connectivity index (χ4n) is 3.59. The van der Waals surface area contributed by atoms with Crippen LogP contribution >= 0.6 is 0 Å². The number of rotatable bonds is 5. The van der Waals surface area contributed by atoms with Crippen molar-refractivity contribution >= 4 is 5.91 Å². The molecule has 0 atom stereocenters. The van der Waals surface area contributed by atoms with E-state index in [1.54, 1.807) is 30.1 Å². The third kappa shape index (κ3) is 4.19.